The van der Waals surface area contributed by atoms with Crippen molar-refractivity contribution in [2.75, 3.05) is 0 Å². The number of aromatic nitrogens is 2. The molecule has 3 N–H and O–H groups in total. The van der Waals surface area contributed by atoms with Gasteiger partial charge in [0.1, 0.15) is 0 Å². The van der Waals surface area contributed by atoms with Crippen molar-refractivity contribution in [3.8, 4) is 22.9 Å². The van der Waals surface area contributed by atoms with Crippen LogP contribution in [0.3, 0.4) is 0 Å². The van der Waals surface area contributed by atoms with Crippen LogP contribution in [0.4, 0.5) is 0 Å². The smallest absolute Gasteiger partial charge is 0.289 e. The van der Waals surface area contributed by atoms with Crippen molar-refractivity contribution >= 4 is 11.8 Å². The average Bonchev–Trinajstić information content (AvgIpc) is 3.62. The van der Waals surface area contributed by atoms with Crippen LogP contribution in [0.25, 0.3) is 22.9 Å². The monoisotopic (exact) mass is 498 g/mol. The number of carbonyl (C=O) groups is 2. The lowest BCUT2D eigenvalue weighted by atomic mass is 9.60. The van der Waals surface area contributed by atoms with Gasteiger partial charge in [-0.1, -0.05) is 36.4 Å². The van der Waals surface area contributed by atoms with Gasteiger partial charge in [-0.3, -0.25) is 9.59 Å². The lowest BCUT2D eigenvalue weighted by Gasteiger charge is -2.56. The highest BCUT2D eigenvalue weighted by Crippen LogP contribution is 2.47. The molecule has 2 bridgehead atoms. The maximum atomic E-state index is 13.0. The van der Waals surface area contributed by atoms with Crippen LogP contribution >= 0.6 is 0 Å². The largest absolute Gasteiger partial charge is 0.431 e. The molecular formula is C28H26N4O5. The van der Waals surface area contributed by atoms with Gasteiger partial charge < -0.3 is 24.6 Å². The summed E-state index contributed by atoms with van der Waals surface area (Å²) in [5.74, 6) is 0.173. The van der Waals surface area contributed by atoms with Crippen molar-refractivity contribution in [1.29, 1.82) is 0 Å². The van der Waals surface area contributed by atoms with Gasteiger partial charge in [-0.15, -0.1) is 0 Å². The van der Waals surface area contributed by atoms with Gasteiger partial charge in [-0.2, -0.15) is 0 Å². The molecule has 188 valence electrons. The first-order valence-corrected chi connectivity index (χ1v) is 12.3. The zero-order valence-electron chi connectivity index (χ0n) is 20.0. The molecule has 9 nitrogen and oxygen atoms in total. The molecule has 0 unspecified atom stereocenters. The number of nitrogens with one attached hydrogen (secondary N) is 2. The van der Waals surface area contributed by atoms with Crippen LogP contribution < -0.4 is 10.6 Å². The first-order valence-electron chi connectivity index (χ1n) is 12.3. The van der Waals surface area contributed by atoms with Gasteiger partial charge in [0, 0.05) is 16.7 Å². The second-order valence-electron chi connectivity index (χ2n) is 9.86. The fraction of sp³-hybridized carbons (Fsp3) is 0.286. The Morgan fingerprint density at radius 2 is 1.24 bits per heavy atom. The summed E-state index contributed by atoms with van der Waals surface area (Å²) < 4.78 is 11.4. The van der Waals surface area contributed by atoms with Crippen LogP contribution in [0, 0.1) is 0 Å². The lowest BCUT2D eigenvalue weighted by molar-refractivity contribution is -0.0559. The number of benzene rings is 2. The van der Waals surface area contributed by atoms with Crippen molar-refractivity contribution < 1.29 is 23.5 Å². The predicted molar refractivity (Wildman–Crippen MR) is 133 cm³/mol. The molecule has 0 spiro atoms. The summed E-state index contributed by atoms with van der Waals surface area (Å²) in [6.07, 6.45) is 4.58. The summed E-state index contributed by atoms with van der Waals surface area (Å²) in [6, 6.07) is 18.7. The molecule has 2 heterocycles. The van der Waals surface area contributed by atoms with E-state index >= 15 is 0 Å². The van der Waals surface area contributed by atoms with Gasteiger partial charge in [0.25, 0.3) is 11.8 Å². The maximum Gasteiger partial charge on any atom is 0.289 e. The van der Waals surface area contributed by atoms with Gasteiger partial charge in [0.15, 0.2) is 0 Å². The van der Waals surface area contributed by atoms with E-state index in [2.05, 4.69) is 20.6 Å². The average molecular weight is 499 g/mol. The molecule has 37 heavy (non-hydrogen) atoms. The van der Waals surface area contributed by atoms with Gasteiger partial charge in [0.05, 0.1) is 24.0 Å². The minimum Gasteiger partial charge on any atom is -0.431 e. The molecule has 3 aliphatic carbocycles. The highest BCUT2D eigenvalue weighted by atomic mass is 16.4. The van der Waals surface area contributed by atoms with Crippen molar-refractivity contribution in [1.82, 2.24) is 20.6 Å². The number of aliphatic hydroxyl groups is 1. The highest BCUT2D eigenvalue weighted by Gasteiger charge is 2.55. The summed E-state index contributed by atoms with van der Waals surface area (Å²) in [6.45, 7) is 0. The van der Waals surface area contributed by atoms with E-state index in [4.69, 9.17) is 8.83 Å². The SMILES string of the molecule is O=C(NC12CCC(NC(=O)c3cnc(-c4ccccc4)o3)(CC1)[C@@H](O)C2)c1cnc(-c2ccccc2)o1. The molecule has 3 aliphatic rings. The van der Waals surface area contributed by atoms with E-state index in [0.29, 0.717) is 43.9 Å². The minimum atomic E-state index is -0.828. The second-order valence-corrected chi connectivity index (χ2v) is 9.86. The number of hydrogen-bond donors (Lipinski definition) is 3. The predicted octanol–water partition coefficient (Wildman–Crippen LogP) is 3.97. The first-order chi connectivity index (χ1) is 18.0. The molecule has 3 fully saturated rings. The summed E-state index contributed by atoms with van der Waals surface area (Å²) in [5, 5.41) is 17.2. The van der Waals surface area contributed by atoms with E-state index in [-0.39, 0.29) is 17.4 Å². The third-order valence-corrected chi connectivity index (χ3v) is 7.56. The Labute approximate surface area is 212 Å². The van der Waals surface area contributed by atoms with Crippen molar-refractivity contribution in [2.24, 2.45) is 0 Å². The van der Waals surface area contributed by atoms with Crippen LogP contribution in [-0.4, -0.2) is 44.1 Å². The van der Waals surface area contributed by atoms with E-state index in [1.807, 2.05) is 60.7 Å². The Hall–Kier alpha value is -4.24. The van der Waals surface area contributed by atoms with Crippen molar-refractivity contribution in [3.05, 3.63) is 84.6 Å². The lowest BCUT2D eigenvalue weighted by Crippen LogP contribution is -2.70. The van der Waals surface area contributed by atoms with Crippen LogP contribution in [-0.2, 0) is 0 Å². The van der Waals surface area contributed by atoms with E-state index in [9.17, 15) is 14.7 Å². The Kier molecular flexibility index (Phi) is 5.64. The van der Waals surface area contributed by atoms with Gasteiger partial charge in [0.2, 0.25) is 23.3 Å². The Balaban J connectivity index is 1.11. The zero-order chi connectivity index (χ0) is 25.5. The molecule has 3 saturated carbocycles. The molecule has 0 saturated heterocycles. The first kappa shape index (κ1) is 23.2. The maximum absolute atomic E-state index is 13.0. The van der Waals surface area contributed by atoms with Crippen LogP contribution in [0.15, 0.2) is 81.9 Å². The number of carbonyl (C=O) groups excluding carboxylic acids is 2. The van der Waals surface area contributed by atoms with Crippen LogP contribution in [0.1, 0.15) is 53.2 Å². The van der Waals surface area contributed by atoms with Gasteiger partial charge in [-0.25, -0.2) is 9.97 Å². The van der Waals surface area contributed by atoms with Crippen molar-refractivity contribution in [2.45, 2.75) is 49.3 Å². The molecule has 7 rings (SSSR count). The van der Waals surface area contributed by atoms with Gasteiger partial charge >= 0.3 is 0 Å². The summed E-state index contributed by atoms with van der Waals surface area (Å²) >= 11 is 0. The number of amides is 2. The summed E-state index contributed by atoms with van der Waals surface area (Å²) in [7, 11) is 0. The summed E-state index contributed by atoms with van der Waals surface area (Å²) in [5.41, 5.74) is 0.206. The van der Waals surface area contributed by atoms with Crippen molar-refractivity contribution in [3.63, 3.8) is 0 Å². The van der Waals surface area contributed by atoms with E-state index < -0.39 is 23.1 Å². The molecular weight excluding hydrogens is 472 g/mol. The number of nitrogens with zero attached hydrogens (tertiary/aromatic N) is 2. The van der Waals surface area contributed by atoms with Crippen LogP contribution in [0.5, 0.6) is 0 Å². The molecule has 2 amide bonds. The molecule has 4 aromatic rings. The third-order valence-electron chi connectivity index (χ3n) is 7.56. The Morgan fingerprint density at radius 3 is 1.73 bits per heavy atom. The second kappa shape index (κ2) is 9.01. The Morgan fingerprint density at radius 1 is 0.757 bits per heavy atom. The minimum absolute atomic E-state index is 0.0932. The molecule has 2 aromatic carbocycles. The number of oxazole rings is 2. The zero-order valence-corrected chi connectivity index (χ0v) is 20.0. The molecule has 0 aliphatic heterocycles. The Bertz CT molecular complexity index is 1420. The van der Waals surface area contributed by atoms with E-state index in [1.54, 1.807) is 0 Å². The molecule has 2 aromatic heterocycles. The number of aliphatic hydroxyl groups excluding tert-OH is 1. The number of rotatable bonds is 6. The standard InChI is InChI=1S/C28H26N4O5/c33-22-15-27(31-23(34)20-16-29-25(36-20)18-7-3-1-4-8-18)11-13-28(22,14-12-27)32-24(35)21-17-30-26(37-21)19-9-5-2-6-10-19/h1-10,16-17,22,33H,11-15H2,(H,31,34)(H,32,35)/t22-,27?,28?/m0/s1. The normalized spacial score (nSPS) is 24.5. The van der Waals surface area contributed by atoms with E-state index in [1.165, 1.54) is 12.4 Å². The molecule has 9 heteroatoms. The molecule has 0 radical (unpaired) electrons. The fourth-order valence-electron chi connectivity index (χ4n) is 5.44. The topological polar surface area (TPSA) is 130 Å². The van der Waals surface area contributed by atoms with E-state index in [0.717, 1.165) is 11.1 Å². The quantitative estimate of drug-likeness (QED) is 0.367. The highest BCUT2D eigenvalue weighted by molar-refractivity contribution is 5.93. The van der Waals surface area contributed by atoms with Crippen LogP contribution in [0.2, 0.25) is 0 Å². The molecule has 1 atom stereocenters. The summed E-state index contributed by atoms with van der Waals surface area (Å²) in [4.78, 5) is 34.4. The number of fused-ring (bicyclic) bond motifs is 3. The number of hydrogen-bond acceptors (Lipinski definition) is 7. The third kappa shape index (κ3) is 4.31. The van der Waals surface area contributed by atoms with Gasteiger partial charge in [-0.05, 0) is 56.4 Å². The fourth-order valence-corrected chi connectivity index (χ4v) is 5.44.